The van der Waals surface area contributed by atoms with E-state index < -0.39 is 0 Å². The van der Waals surface area contributed by atoms with Crippen LogP contribution in [-0.2, 0) is 0 Å². The average Bonchev–Trinajstić information content (AvgIpc) is 1.98. The number of nitrogens with zero attached hydrogens (tertiary/aromatic N) is 1. The quantitative estimate of drug-likeness (QED) is 0.606. The molecule has 80 valence electrons. The minimum Gasteiger partial charge on any atom is -0.304 e. The Kier molecular flexibility index (Phi) is 1.81. The van der Waals surface area contributed by atoms with E-state index in [1.807, 2.05) is 0 Å². The van der Waals surface area contributed by atoms with Crippen molar-refractivity contribution in [2.75, 3.05) is 14.1 Å². The average molecular weight is 214 g/mol. The van der Waals surface area contributed by atoms with Gasteiger partial charge in [0.05, 0.1) is 0 Å². The van der Waals surface area contributed by atoms with Crippen LogP contribution in [0.1, 0.15) is 38.5 Å². The Hall–Kier alpha value is 0.250. The second-order valence-electron chi connectivity index (χ2n) is 6.23. The molecule has 0 aromatic heterocycles. The highest BCUT2D eigenvalue weighted by Crippen LogP contribution is 2.61. The molecular formula is C12H20ClN. The molecule has 4 rings (SSSR count). The lowest BCUT2D eigenvalue weighted by Gasteiger charge is -2.62. The number of alkyl halides is 1. The molecular weight excluding hydrogens is 194 g/mol. The molecule has 4 fully saturated rings. The highest BCUT2D eigenvalue weighted by atomic mass is 35.5. The van der Waals surface area contributed by atoms with Crippen molar-refractivity contribution in [2.45, 2.75) is 48.9 Å². The van der Waals surface area contributed by atoms with E-state index in [2.05, 4.69) is 19.0 Å². The van der Waals surface area contributed by atoms with Gasteiger partial charge in [-0.25, -0.2) is 0 Å². The Morgan fingerprint density at radius 1 is 1.07 bits per heavy atom. The van der Waals surface area contributed by atoms with Gasteiger partial charge in [0.25, 0.3) is 0 Å². The topological polar surface area (TPSA) is 3.24 Å². The summed E-state index contributed by atoms with van der Waals surface area (Å²) in [4.78, 5) is 2.63. The number of hydrogen-bond acceptors (Lipinski definition) is 1. The maximum absolute atomic E-state index is 6.74. The smallest absolute Gasteiger partial charge is 0.0469 e. The highest BCUT2D eigenvalue weighted by molar-refractivity contribution is 6.24. The monoisotopic (exact) mass is 213 g/mol. The molecule has 0 aromatic carbocycles. The van der Waals surface area contributed by atoms with Crippen LogP contribution in [0.25, 0.3) is 0 Å². The van der Waals surface area contributed by atoms with Gasteiger partial charge in [-0.2, -0.15) is 0 Å². The van der Waals surface area contributed by atoms with Gasteiger partial charge in [-0.15, -0.1) is 11.6 Å². The molecule has 0 radical (unpaired) electrons. The molecule has 1 nitrogen and oxygen atoms in total. The van der Waals surface area contributed by atoms with Crippen molar-refractivity contribution in [3.63, 3.8) is 0 Å². The van der Waals surface area contributed by atoms with E-state index in [4.69, 9.17) is 11.6 Å². The molecule has 14 heavy (non-hydrogen) atoms. The van der Waals surface area contributed by atoms with Gasteiger partial charge < -0.3 is 4.90 Å². The van der Waals surface area contributed by atoms with E-state index in [-0.39, 0.29) is 4.87 Å². The van der Waals surface area contributed by atoms with Gasteiger partial charge in [0, 0.05) is 10.4 Å². The summed E-state index contributed by atoms with van der Waals surface area (Å²) < 4.78 is 0. The predicted molar refractivity (Wildman–Crippen MR) is 59.7 cm³/mol. The van der Waals surface area contributed by atoms with Crippen LogP contribution in [0.4, 0.5) is 0 Å². The molecule has 0 aromatic rings. The minimum atomic E-state index is 0.175. The zero-order chi connectivity index (χ0) is 9.97. The lowest BCUT2D eigenvalue weighted by Crippen LogP contribution is -2.62. The molecule has 4 saturated carbocycles. The largest absolute Gasteiger partial charge is 0.304 e. The van der Waals surface area contributed by atoms with Crippen molar-refractivity contribution in [2.24, 2.45) is 11.8 Å². The van der Waals surface area contributed by atoms with Crippen molar-refractivity contribution in [3.8, 4) is 0 Å². The van der Waals surface area contributed by atoms with E-state index >= 15 is 0 Å². The fourth-order valence-electron chi connectivity index (χ4n) is 4.63. The second kappa shape index (κ2) is 2.68. The van der Waals surface area contributed by atoms with E-state index in [0.717, 1.165) is 11.8 Å². The fraction of sp³-hybridized carbons (Fsp3) is 1.00. The van der Waals surface area contributed by atoms with Gasteiger partial charge in [0.2, 0.25) is 0 Å². The second-order valence-corrected chi connectivity index (χ2v) is 7.03. The third-order valence-electron chi connectivity index (χ3n) is 4.91. The molecule has 4 aliphatic carbocycles. The predicted octanol–water partition coefficient (Wildman–Crippen LogP) is 2.88. The summed E-state index contributed by atoms with van der Waals surface area (Å²) >= 11 is 6.74. The highest BCUT2D eigenvalue weighted by Gasteiger charge is 2.57. The van der Waals surface area contributed by atoms with E-state index in [9.17, 15) is 0 Å². The summed E-state index contributed by atoms with van der Waals surface area (Å²) in [5.41, 5.74) is 0.464. The summed E-state index contributed by atoms with van der Waals surface area (Å²) in [7, 11) is 4.49. The first-order valence-electron chi connectivity index (χ1n) is 5.88. The zero-order valence-corrected chi connectivity index (χ0v) is 9.98. The number of hydrogen-bond donors (Lipinski definition) is 0. The molecule has 0 unspecified atom stereocenters. The molecule has 0 saturated heterocycles. The van der Waals surface area contributed by atoms with Crippen molar-refractivity contribution in [3.05, 3.63) is 0 Å². The van der Waals surface area contributed by atoms with Crippen LogP contribution in [0.15, 0.2) is 0 Å². The van der Waals surface area contributed by atoms with E-state index in [1.54, 1.807) is 0 Å². The molecule has 2 heteroatoms. The molecule has 0 N–H and O–H groups in total. The number of halogens is 1. The Morgan fingerprint density at radius 3 is 2.07 bits per heavy atom. The van der Waals surface area contributed by atoms with Crippen LogP contribution < -0.4 is 0 Å². The summed E-state index contributed by atoms with van der Waals surface area (Å²) in [6.45, 7) is 0. The van der Waals surface area contributed by atoms with Gasteiger partial charge in [-0.1, -0.05) is 0 Å². The lowest BCUT2D eigenvalue weighted by atomic mass is 9.52. The zero-order valence-electron chi connectivity index (χ0n) is 9.22. The Labute approximate surface area is 91.8 Å². The summed E-state index contributed by atoms with van der Waals surface area (Å²) in [6, 6.07) is 0. The van der Waals surface area contributed by atoms with Crippen LogP contribution in [0.5, 0.6) is 0 Å². The lowest BCUT2D eigenvalue weighted by molar-refractivity contribution is -0.0592. The van der Waals surface area contributed by atoms with Gasteiger partial charge in [0.1, 0.15) is 0 Å². The Bertz CT molecular complexity index is 247. The normalized spacial score (nSPS) is 55.7. The van der Waals surface area contributed by atoms with Crippen molar-refractivity contribution in [1.29, 1.82) is 0 Å². The van der Waals surface area contributed by atoms with Crippen molar-refractivity contribution >= 4 is 11.6 Å². The maximum Gasteiger partial charge on any atom is 0.0469 e. The van der Waals surface area contributed by atoms with Gasteiger partial charge >= 0.3 is 0 Å². The molecule has 2 atom stereocenters. The number of rotatable bonds is 1. The molecule has 4 bridgehead atoms. The SMILES string of the molecule is CN(C)C12C[C@H]3C[C@@H](CC(Cl)(C3)C1)C2. The van der Waals surface area contributed by atoms with Crippen LogP contribution in [-0.4, -0.2) is 29.4 Å². The summed E-state index contributed by atoms with van der Waals surface area (Å²) in [5.74, 6) is 1.85. The molecule has 0 heterocycles. The minimum absolute atomic E-state index is 0.175. The van der Waals surface area contributed by atoms with Crippen molar-refractivity contribution < 1.29 is 0 Å². The Balaban J connectivity index is 1.96. The first-order valence-corrected chi connectivity index (χ1v) is 6.26. The first-order chi connectivity index (χ1) is 6.51. The summed E-state index contributed by atoms with van der Waals surface area (Å²) in [5, 5.41) is 0. The Morgan fingerprint density at radius 2 is 1.64 bits per heavy atom. The molecule has 0 aliphatic heterocycles. The van der Waals surface area contributed by atoms with Gasteiger partial charge in [-0.05, 0) is 64.5 Å². The van der Waals surface area contributed by atoms with Crippen LogP contribution in [0.2, 0.25) is 0 Å². The van der Waals surface area contributed by atoms with E-state index in [0.29, 0.717) is 5.54 Å². The van der Waals surface area contributed by atoms with Crippen LogP contribution in [0, 0.1) is 11.8 Å². The van der Waals surface area contributed by atoms with Gasteiger partial charge in [0.15, 0.2) is 0 Å². The third kappa shape index (κ3) is 1.18. The molecule has 0 amide bonds. The standard InChI is InChI=1S/C12H20ClN/c1-14(2)12-6-9-3-10(7-12)5-11(13,4-9)8-12/h9-10H,3-8H2,1-2H3/t9-,10-,11?,12?/m0/s1. The van der Waals surface area contributed by atoms with Gasteiger partial charge in [-0.3, -0.25) is 0 Å². The third-order valence-corrected chi connectivity index (χ3v) is 5.35. The van der Waals surface area contributed by atoms with Crippen molar-refractivity contribution in [1.82, 2.24) is 4.90 Å². The molecule has 4 aliphatic rings. The first kappa shape index (κ1) is 9.47. The molecule has 0 spiro atoms. The maximum atomic E-state index is 6.74. The van der Waals surface area contributed by atoms with E-state index in [1.165, 1.54) is 38.5 Å². The van der Waals surface area contributed by atoms with Crippen LogP contribution >= 0.6 is 11.6 Å². The summed E-state index contributed by atoms with van der Waals surface area (Å²) in [6.07, 6.45) is 8.10. The van der Waals surface area contributed by atoms with Crippen LogP contribution in [0.3, 0.4) is 0 Å². The fourth-order valence-corrected chi connectivity index (χ4v) is 5.31.